The summed E-state index contributed by atoms with van der Waals surface area (Å²) in [6, 6.07) is 13.8. The number of carbonyl (C=O) groups excluding carboxylic acids is 3. The molecule has 14 heteroatoms. The summed E-state index contributed by atoms with van der Waals surface area (Å²) in [6.45, 7) is 2.09. The summed E-state index contributed by atoms with van der Waals surface area (Å²) in [4.78, 5) is 55.5. The molecule has 3 heterocycles. The van der Waals surface area contributed by atoms with Gasteiger partial charge in [0.25, 0.3) is 5.69 Å². The van der Waals surface area contributed by atoms with Crippen LogP contribution in [0.5, 0.6) is 0 Å². The lowest BCUT2D eigenvalue weighted by atomic mass is 10.1. The predicted octanol–water partition coefficient (Wildman–Crippen LogP) is 3.85. The van der Waals surface area contributed by atoms with Gasteiger partial charge in [-0.05, 0) is 54.4 Å². The van der Waals surface area contributed by atoms with Gasteiger partial charge in [0, 0.05) is 62.1 Å². The number of non-ortho nitro benzene ring substituents is 1. The Morgan fingerprint density at radius 2 is 1.84 bits per heavy atom. The summed E-state index contributed by atoms with van der Waals surface area (Å²) in [5.74, 6) is -0.326. The minimum atomic E-state index is -0.606. The normalized spacial score (nSPS) is 16.6. The maximum Gasteiger partial charge on any atom is 0.414 e. The fourth-order valence-electron chi connectivity index (χ4n) is 4.89. The Kier molecular flexibility index (Phi) is 8.64. The van der Waals surface area contributed by atoms with E-state index in [1.165, 1.54) is 23.1 Å². The minimum absolute atomic E-state index is 0.0111. The molecule has 2 aromatic carbocycles. The number of rotatable bonds is 9. The van der Waals surface area contributed by atoms with E-state index in [0.29, 0.717) is 60.8 Å². The van der Waals surface area contributed by atoms with Gasteiger partial charge in [0.2, 0.25) is 5.91 Å². The highest BCUT2D eigenvalue weighted by Gasteiger charge is 2.33. The summed E-state index contributed by atoms with van der Waals surface area (Å²) >= 11 is 0. The quantitative estimate of drug-likeness (QED) is 0.287. The first-order valence-electron chi connectivity index (χ1n) is 13.6. The number of cyclic esters (lactones) is 1. The number of pyridine rings is 1. The Morgan fingerprint density at radius 1 is 1.09 bits per heavy atom. The Hall–Kier alpha value is -5.27. The largest absolute Gasteiger partial charge is 0.445 e. The van der Waals surface area contributed by atoms with Crippen molar-refractivity contribution in [2.24, 2.45) is 5.73 Å². The fourth-order valence-corrected chi connectivity index (χ4v) is 4.89. The van der Waals surface area contributed by atoms with E-state index in [4.69, 9.17) is 15.2 Å². The van der Waals surface area contributed by atoms with E-state index in [0.717, 1.165) is 0 Å². The number of aromatic nitrogens is 1. The van der Waals surface area contributed by atoms with Crippen LogP contribution in [0.4, 0.5) is 31.2 Å². The third-order valence-electron chi connectivity index (χ3n) is 7.28. The van der Waals surface area contributed by atoms with E-state index in [-0.39, 0.29) is 25.3 Å². The Morgan fingerprint density at radius 3 is 2.47 bits per heavy atom. The number of nitro groups is 1. The van der Waals surface area contributed by atoms with Crippen LogP contribution in [0.25, 0.3) is 11.1 Å². The van der Waals surface area contributed by atoms with Crippen LogP contribution in [0.1, 0.15) is 18.4 Å². The van der Waals surface area contributed by atoms with Crippen molar-refractivity contribution < 1.29 is 33.2 Å². The number of carbonyl (C=O) groups is 3. The molecule has 2 N–H and O–H groups in total. The molecular weight excluding hydrogens is 563 g/mol. The van der Waals surface area contributed by atoms with Gasteiger partial charge in [0.05, 0.1) is 17.2 Å². The van der Waals surface area contributed by atoms with E-state index in [9.17, 15) is 24.5 Å². The monoisotopic (exact) mass is 592 g/mol. The maximum atomic E-state index is 15.1. The number of ether oxygens (including phenoxy) is 2. The zero-order valence-corrected chi connectivity index (χ0v) is 23.1. The van der Waals surface area contributed by atoms with Gasteiger partial charge in [0.15, 0.2) is 0 Å². The lowest BCUT2D eigenvalue weighted by Gasteiger charge is -2.34. The average Bonchev–Trinajstić information content (AvgIpc) is 3.39. The van der Waals surface area contributed by atoms with E-state index in [2.05, 4.69) is 4.98 Å². The van der Waals surface area contributed by atoms with Crippen LogP contribution in [0, 0.1) is 15.9 Å². The fraction of sp³-hybridized carbons (Fsp3) is 0.310. The van der Waals surface area contributed by atoms with Gasteiger partial charge < -0.3 is 25.0 Å². The highest BCUT2D eigenvalue weighted by atomic mass is 19.1. The number of hydrogen-bond donors (Lipinski definition) is 1. The Balaban J connectivity index is 1.13. The second-order valence-electron chi connectivity index (χ2n) is 10.1. The first kappa shape index (κ1) is 29.2. The first-order valence-corrected chi connectivity index (χ1v) is 13.6. The van der Waals surface area contributed by atoms with Crippen molar-refractivity contribution >= 4 is 35.3 Å². The molecule has 224 valence electrons. The standard InChI is InChI=1S/C29H29FN6O7/c30-25-15-22(35-17-23(43-29(35)39)7-9-26(31)37)6-8-24(25)20-3-10-27(32-16-20)33-11-13-34(14-12-33)28(38)42-18-19-1-4-21(5-2-19)36(40)41/h1-6,8,10,15-16,23H,7,9,11-14,17-18H2,(H2,31,37). The molecule has 3 amide bonds. The number of piperazine rings is 1. The zero-order valence-electron chi connectivity index (χ0n) is 23.1. The molecule has 0 spiro atoms. The average molecular weight is 593 g/mol. The molecule has 0 bridgehead atoms. The van der Waals surface area contributed by atoms with Crippen LogP contribution < -0.4 is 15.5 Å². The molecule has 3 aromatic rings. The Bertz CT molecular complexity index is 1510. The molecule has 1 aromatic heterocycles. The lowest BCUT2D eigenvalue weighted by molar-refractivity contribution is -0.384. The molecule has 2 aliphatic heterocycles. The summed E-state index contributed by atoms with van der Waals surface area (Å²) in [6.07, 6.45) is 0.404. The number of anilines is 2. The molecule has 0 radical (unpaired) electrons. The van der Waals surface area contributed by atoms with Crippen molar-refractivity contribution in [1.29, 1.82) is 0 Å². The molecule has 1 atom stereocenters. The zero-order chi connectivity index (χ0) is 30.5. The van der Waals surface area contributed by atoms with Gasteiger partial charge in [-0.25, -0.2) is 19.0 Å². The van der Waals surface area contributed by atoms with Gasteiger partial charge >= 0.3 is 12.2 Å². The highest BCUT2D eigenvalue weighted by Crippen LogP contribution is 2.30. The van der Waals surface area contributed by atoms with Crippen molar-refractivity contribution in [2.75, 3.05) is 42.5 Å². The van der Waals surface area contributed by atoms with Crippen LogP contribution in [0.3, 0.4) is 0 Å². The number of halogens is 1. The van der Waals surface area contributed by atoms with Gasteiger partial charge in [-0.3, -0.25) is 19.8 Å². The maximum absolute atomic E-state index is 15.1. The third-order valence-corrected chi connectivity index (χ3v) is 7.28. The number of hydrogen-bond acceptors (Lipinski definition) is 9. The molecule has 5 rings (SSSR count). The molecule has 43 heavy (non-hydrogen) atoms. The van der Waals surface area contributed by atoms with E-state index >= 15 is 4.39 Å². The van der Waals surface area contributed by atoms with Crippen LogP contribution in [0.15, 0.2) is 60.8 Å². The molecule has 0 saturated carbocycles. The predicted molar refractivity (Wildman–Crippen MR) is 153 cm³/mol. The Labute approximate surface area is 245 Å². The number of nitrogens with zero attached hydrogens (tertiary/aromatic N) is 5. The van der Waals surface area contributed by atoms with Crippen LogP contribution in [-0.2, 0) is 20.9 Å². The minimum Gasteiger partial charge on any atom is -0.445 e. The molecule has 0 aliphatic carbocycles. The van der Waals surface area contributed by atoms with Crippen LogP contribution in [-0.4, -0.2) is 71.7 Å². The number of nitro benzene ring substituents is 1. The van der Waals surface area contributed by atoms with E-state index in [1.807, 2.05) is 4.90 Å². The van der Waals surface area contributed by atoms with E-state index in [1.54, 1.807) is 47.5 Å². The second kappa shape index (κ2) is 12.7. The van der Waals surface area contributed by atoms with Gasteiger partial charge in [-0.15, -0.1) is 0 Å². The summed E-state index contributed by atoms with van der Waals surface area (Å²) in [7, 11) is 0. The molecule has 2 fully saturated rings. The second-order valence-corrected chi connectivity index (χ2v) is 10.1. The van der Waals surface area contributed by atoms with Crippen molar-refractivity contribution in [1.82, 2.24) is 9.88 Å². The first-order chi connectivity index (χ1) is 20.7. The van der Waals surface area contributed by atoms with Crippen LogP contribution >= 0.6 is 0 Å². The molecular formula is C29H29FN6O7. The molecule has 2 aliphatic rings. The lowest BCUT2D eigenvalue weighted by Crippen LogP contribution is -2.49. The summed E-state index contributed by atoms with van der Waals surface area (Å²) in [5, 5.41) is 10.8. The number of primary amides is 1. The van der Waals surface area contributed by atoms with Crippen molar-refractivity contribution in [3.63, 3.8) is 0 Å². The molecule has 1 unspecified atom stereocenters. The third kappa shape index (κ3) is 6.97. The number of nitrogens with two attached hydrogens (primary N) is 1. The highest BCUT2D eigenvalue weighted by molar-refractivity contribution is 5.90. The van der Waals surface area contributed by atoms with Gasteiger partial charge in [-0.2, -0.15) is 0 Å². The number of amides is 3. The van der Waals surface area contributed by atoms with Gasteiger partial charge in [0.1, 0.15) is 24.3 Å². The van der Waals surface area contributed by atoms with Crippen molar-refractivity contribution in [3.05, 3.63) is 82.3 Å². The van der Waals surface area contributed by atoms with Crippen LogP contribution in [0.2, 0.25) is 0 Å². The molecule has 2 saturated heterocycles. The van der Waals surface area contributed by atoms with E-state index < -0.39 is 34.9 Å². The van der Waals surface area contributed by atoms with Gasteiger partial charge in [-0.1, -0.05) is 0 Å². The topological polar surface area (TPSA) is 161 Å². The molecule has 13 nitrogen and oxygen atoms in total. The van der Waals surface area contributed by atoms with Crippen molar-refractivity contribution in [2.45, 2.75) is 25.6 Å². The summed E-state index contributed by atoms with van der Waals surface area (Å²) in [5.41, 5.74) is 7.01. The SMILES string of the molecule is NC(=O)CCC1CN(c2ccc(-c3ccc(N4CCN(C(=O)OCc5ccc([N+](=O)[O-])cc5)CC4)nc3)c(F)c2)C(=O)O1. The smallest absolute Gasteiger partial charge is 0.414 e. The summed E-state index contributed by atoms with van der Waals surface area (Å²) < 4.78 is 25.7. The van der Waals surface area contributed by atoms with Crippen molar-refractivity contribution in [3.8, 4) is 11.1 Å². The number of benzene rings is 2.